The van der Waals surface area contributed by atoms with E-state index in [0.29, 0.717) is 11.1 Å². The summed E-state index contributed by atoms with van der Waals surface area (Å²) in [5, 5.41) is 9.11. The minimum atomic E-state index is -0.217. The van der Waals surface area contributed by atoms with Gasteiger partial charge in [-0.15, -0.1) is 0 Å². The molecule has 0 heterocycles. The number of Topliss-reactive ketones (excluding diaryl/α,β-unsaturated/α-hetero) is 1. The van der Waals surface area contributed by atoms with Crippen molar-refractivity contribution in [3.05, 3.63) is 54.6 Å². The van der Waals surface area contributed by atoms with Gasteiger partial charge in [-0.25, -0.2) is 0 Å². The summed E-state index contributed by atoms with van der Waals surface area (Å²) in [5.41, 5.74) is 0.746. The Morgan fingerprint density at radius 2 is 2.15 bits per heavy atom. The summed E-state index contributed by atoms with van der Waals surface area (Å²) in [6, 6.07) is 6.14. The highest BCUT2D eigenvalue weighted by Crippen LogP contribution is 2.14. The summed E-state index contributed by atoms with van der Waals surface area (Å²) in [7, 11) is 0. The van der Waals surface area contributed by atoms with E-state index in [1.54, 1.807) is 12.1 Å². The molecule has 0 atom stereocenters. The Balaban J connectivity index is 3.02. The van der Waals surface area contributed by atoms with E-state index < -0.39 is 0 Å². The molecule has 1 N–H and O–H groups in total. The number of carbonyl (C=O) groups excluding carboxylic acids is 1. The molecule has 0 spiro atoms. The van der Waals surface area contributed by atoms with Crippen LogP contribution in [0, 0.1) is 0 Å². The van der Waals surface area contributed by atoms with Crippen molar-refractivity contribution in [3.8, 4) is 5.75 Å². The lowest BCUT2D eigenvalue weighted by atomic mass is 10.0. The molecule has 0 fully saturated rings. The first-order valence-electron chi connectivity index (χ1n) is 3.80. The maximum Gasteiger partial charge on any atom is 0.192 e. The van der Waals surface area contributed by atoms with Gasteiger partial charge in [0.05, 0.1) is 0 Å². The highest BCUT2D eigenvalue weighted by Gasteiger charge is 2.07. The standard InChI is InChI=1S/C11H10O2/c1-3-8(2)11(13)9-5-4-6-10(12)7-9/h3-7,12H,1-2H2. The molecule has 0 amide bonds. The van der Waals surface area contributed by atoms with E-state index in [4.69, 9.17) is 5.11 Å². The fraction of sp³-hybridized carbons (Fsp3) is 0. The van der Waals surface area contributed by atoms with E-state index in [2.05, 4.69) is 13.2 Å². The number of benzene rings is 1. The predicted molar refractivity (Wildman–Crippen MR) is 51.8 cm³/mol. The van der Waals surface area contributed by atoms with Gasteiger partial charge in [0.1, 0.15) is 5.75 Å². The van der Waals surface area contributed by atoms with E-state index in [0.717, 1.165) is 0 Å². The zero-order valence-electron chi connectivity index (χ0n) is 7.16. The van der Waals surface area contributed by atoms with Crippen molar-refractivity contribution in [1.82, 2.24) is 0 Å². The van der Waals surface area contributed by atoms with Crippen LogP contribution < -0.4 is 0 Å². The van der Waals surface area contributed by atoms with Crippen LogP contribution in [-0.4, -0.2) is 10.9 Å². The Hall–Kier alpha value is -1.83. The Morgan fingerprint density at radius 1 is 1.46 bits per heavy atom. The summed E-state index contributed by atoms with van der Waals surface area (Å²) >= 11 is 0. The SMILES string of the molecule is C=CC(=C)C(=O)c1cccc(O)c1. The van der Waals surface area contributed by atoms with Crippen LogP contribution >= 0.6 is 0 Å². The minimum Gasteiger partial charge on any atom is -0.508 e. The van der Waals surface area contributed by atoms with Crippen molar-refractivity contribution in [2.75, 3.05) is 0 Å². The third-order valence-corrected chi connectivity index (χ3v) is 1.65. The molecule has 0 saturated carbocycles. The molecule has 66 valence electrons. The number of rotatable bonds is 3. The second kappa shape index (κ2) is 3.72. The molecule has 13 heavy (non-hydrogen) atoms. The molecule has 0 radical (unpaired) electrons. The molecule has 0 aliphatic carbocycles. The fourth-order valence-corrected chi connectivity index (χ4v) is 0.925. The Bertz CT molecular complexity index is 364. The minimum absolute atomic E-state index is 0.0720. The normalized spacial score (nSPS) is 9.23. The maximum atomic E-state index is 11.4. The first kappa shape index (κ1) is 9.26. The van der Waals surface area contributed by atoms with Crippen LogP contribution in [0.4, 0.5) is 0 Å². The lowest BCUT2D eigenvalue weighted by Gasteiger charge is -1.99. The molecule has 2 nitrogen and oxygen atoms in total. The average molecular weight is 174 g/mol. The van der Waals surface area contributed by atoms with Gasteiger partial charge in [0.15, 0.2) is 5.78 Å². The van der Waals surface area contributed by atoms with Crippen molar-refractivity contribution in [2.24, 2.45) is 0 Å². The van der Waals surface area contributed by atoms with Gasteiger partial charge in [-0.05, 0) is 12.1 Å². The van der Waals surface area contributed by atoms with Gasteiger partial charge < -0.3 is 5.11 Å². The number of ketones is 1. The molecular formula is C11H10O2. The van der Waals surface area contributed by atoms with Gasteiger partial charge in [0.2, 0.25) is 0 Å². The molecule has 0 aliphatic heterocycles. The molecule has 1 aromatic carbocycles. The highest BCUT2D eigenvalue weighted by molar-refractivity contribution is 6.10. The van der Waals surface area contributed by atoms with Crippen LogP contribution in [0.3, 0.4) is 0 Å². The van der Waals surface area contributed by atoms with Gasteiger partial charge in [-0.1, -0.05) is 31.4 Å². The third-order valence-electron chi connectivity index (χ3n) is 1.65. The summed E-state index contributed by atoms with van der Waals surface area (Å²) in [4.78, 5) is 11.4. The summed E-state index contributed by atoms with van der Waals surface area (Å²) in [6.45, 7) is 6.98. The lowest BCUT2D eigenvalue weighted by Crippen LogP contribution is -1.99. The van der Waals surface area contributed by atoms with Crippen molar-refractivity contribution < 1.29 is 9.90 Å². The largest absolute Gasteiger partial charge is 0.508 e. The van der Waals surface area contributed by atoms with Crippen LogP contribution in [0.15, 0.2) is 49.1 Å². The molecule has 0 saturated heterocycles. The summed E-state index contributed by atoms with van der Waals surface area (Å²) in [5.74, 6) is -0.145. The van der Waals surface area contributed by atoms with E-state index in [1.807, 2.05) is 0 Å². The number of phenolic OH excluding ortho intramolecular Hbond substituents is 1. The van der Waals surface area contributed by atoms with Gasteiger partial charge >= 0.3 is 0 Å². The summed E-state index contributed by atoms with van der Waals surface area (Å²) < 4.78 is 0. The lowest BCUT2D eigenvalue weighted by molar-refractivity contribution is 0.103. The van der Waals surface area contributed by atoms with Crippen molar-refractivity contribution >= 4 is 5.78 Å². The van der Waals surface area contributed by atoms with Crippen LogP contribution in [0.25, 0.3) is 0 Å². The van der Waals surface area contributed by atoms with E-state index >= 15 is 0 Å². The van der Waals surface area contributed by atoms with E-state index in [1.165, 1.54) is 18.2 Å². The number of hydrogen-bond donors (Lipinski definition) is 1. The van der Waals surface area contributed by atoms with Crippen molar-refractivity contribution in [2.45, 2.75) is 0 Å². The number of phenols is 1. The van der Waals surface area contributed by atoms with Crippen LogP contribution in [0.1, 0.15) is 10.4 Å². The second-order valence-corrected chi connectivity index (χ2v) is 2.61. The maximum absolute atomic E-state index is 11.4. The number of hydrogen-bond acceptors (Lipinski definition) is 2. The molecule has 0 unspecified atom stereocenters. The second-order valence-electron chi connectivity index (χ2n) is 2.61. The first-order valence-corrected chi connectivity index (χ1v) is 3.80. The van der Waals surface area contributed by atoms with Crippen LogP contribution in [0.2, 0.25) is 0 Å². The molecule has 2 heteroatoms. The topological polar surface area (TPSA) is 37.3 Å². The van der Waals surface area contributed by atoms with Crippen molar-refractivity contribution in [1.29, 1.82) is 0 Å². The van der Waals surface area contributed by atoms with Crippen LogP contribution in [0.5, 0.6) is 5.75 Å². The highest BCUT2D eigenvalue weighted by atomic mass is 16.3. The quantitative estimate of drug-likeness (QED) is 0.433. The Kier molecular flexibility index (Phi) is 2.65. The van der Waals surface area contributed by atoms with Gasteiger partial charge in [0, 0.05) is 11.1 Å². The zero-order chi connectivity index (χ0) is 9.84. The van der Waals surface area contributed by atoms with Gasteiger partial charge in [0.25, 0.3) is 0 Å². The van der Waals surface area contributed by atoms with Crippen LogP contribution in [-0.2, 0) is 0 Å². The predicted octanol–water partition coefficient (Wildman–Crippen LogP) is 2.32. The molecule has 0 aliphatic rings. The fourth-order valence-electron chi connectivity index (χ4n) is 0.925. The van der Waals surface area contributed by atoms with E-state index in [9.17, 15) is 4.79 Å². The monoisotopic (exact) mass is 174 g/mol. The zero-order valence-corrected chi connectivity index (χ0v) is 7.16. The number of allylic oxidation sites excluding steroid dienone is 2. The third kappa shape index (κ3) is 2.06. The number of carbonyl (C=O) groups is 1. The van der Waals surface area contributed by atoms with E-state index in [-0.39, 0.29) is 11.5 Å². The molecule has 0 bridgehead atoms. The first-order chi connectivity index (χ1) is 6.15. The van der Waals surface area contributed by atoms with Gasteiger partial charge in [-0.3, -0.25) is 4.79 Å². The average Bonchev–Trinajstić information content (AvgIpc) is 2.15. The summed E-state index contributed by atoms with van der Waals surface area (Å²) in [6.07, 6.45) is 1.40. The smallest absolute Gasteiger partial charge is 0.192 e. The molecule has 1 rings (SSSR count). The Morgan fingerprint density at radius 3 is 2.69 bits per heavy atom. The molecule has 0 aromatic heterocycles. The molecular weight excluding hydrogens is 164 g/mol. The van der Waals surface area contributed by atoms with Gasteiger partial charge in [-0.2, -0.15) is 0 Å². The van der Waals surface area contributed by atoms with Crippen molar-refractivity contribution in [3.63, 3.8) is 0 Å². The molecule has 1 aromatic rings. The number of aromatic hydroxyl groups is 1. The Labute approximate surface area is 76.8 Å².